The molecule has 6 heteroatoms. The van der Waals surface area contributed by atoms with E-state index in [1.807, 2.05) is 36.5 Å². The summed E-state index contributed by atoms with van der Waals surface area (Å²) in [6.07, 6.45) is 10.9. The molecule has 30 heavy (non-hydrogen) atoms. The Kier molecular flexibility index (Phi) is 5.39. The van der Waals surface area contributed by atoms with E-state index in [1.165, 1.54) is 13.4 Å². The molecule has 3 aromatic rings. The Morgan fingerprint density at radius 1 is 1.23 bits per heavy atom. The van der Waals surface area contributed by atoms with Gasteiger partial charge < -0.3 is 10.1 Å². The zero-order valence-corrected chi connectivity index (χ0v) is 16.8. The van der Waals surface area contributed by atoms with Gasteiger partial charge >= 0.3 is 5.97 Å². The topological polar surface area (TPSA) is 77.0 Å². The molecule has 0 aliphatic heterocycles. The lowest BCUT2D eigenvalue weighted by Crippen LogP contribution is -2.09. The van der Waals surface area contributed by atoms with Gasteiger partial charge in [-0.25, -0.2) is 19.7 Å². The van der Waals surface area contributed by atoms with Crippen molar-refractivity contribution in [3.05, 3.63) is 85.0 Å². The molecule has 1 aliphatic rings. The van der Waals surface area contributed by atoms with Crippen LogP contribution in [0.25, 0.3) is 16.5 Å². The van der Waals surface area contributed by atoms with Crippen LogP contribution >= 0.6 is 0 Å². The monoisotopic (exact) mass is 398 g/mol. The summed E-state index contributed by atoms with van der Waals surface area (Å²) in [6, 6.07) is 7.61. The molecule has 6 nitrogen and oxygen atoms in total. The van der Waals surface area contributed by atoms with Gasteiger partial charge in [-0.3, -0.25) is 0 Å². The van der Waals surface area contributed by atoms with Gasteiger partial charge in [-0.15, -0.1) is 0 Å². The number of aromatic nitrogens is 3. The Hall–Kier alpha value is -3.80. The fraction of sp³-hybridized carbons (Fsp3) is 0.167. The van der Waals surface area contributed by atoms with Crippen LogP contribution in [0.15, 0.2) is 68.2 Å². The molecule has 4 rings (SSSR count). The predicted octanol–water partition coefficient (Wildman–Crippen LogP) is 5.19. The third-order valence-electron chi connectivity index (χ3n) is 5.07. The van der Waals surface area contributed by atoms with E-state index in [1.54, 1.807) is 12.2 Å². The number of benzene rings is 1. The fourth-order valence-corrected chi connectivity index (χ4v) is 3.40. The molecule has 0 atom stereocenters. The summed E-state index contributed by atoms with van der Waals surface area (Å²) in [6.45, 7) is 7.62. The van der Waals surface area contributed by atoms with Crippen molar-refractivity contribution in [3.8, 4) is 0 Å². The van der Waals surface area contributed by atoms with E-state index >= 15 is 0 Å². The second-order valence-corrected chi connectivity index (χ2v) is 7.04. The van der Waals surface area contributed by atoms with Crippen molar-refractivity contribution in [2.24, 2.45) is 0 Å². The quantitative estimate of drug-likeness (QED) is 0.436. The fourth-order valence-electron chi connectivity index (χ4n) is 3.40. The summed E-state index contributed by atoms with van der Waals surface area (Å²) < 4.78 is 4.98. The Morgan fingerprint density at radius 2 is 2.07 bits per heavy atom. The van der Waals surface area contributed by atoms with Gasteiger partial charge in [0.05, 0.1) is 24.0 Å². The number of methoxy groups -OCH3 is 1. The molecule has 1 saturated carbocycles. The highest BCUT2D eigenvalue weighted by Crippen LogP contribution is 2.41. The molecule has 2 aromatic heterocycles. The van der Waals surface area contributed by atoms with Gasteiger partial charge in [0.25, 0.3) is 0 Å². The van der Waals surface area contributed by atoms with Crippen molar-refractivity contribution in [1.82, 2.24) is 15.0 Å². The van der Waals surface area contributed by atoms with E-state index in [-0.39, 0.29) is 0 Å². The number of nitrogens with one attached hydrogen (secondary N) is 1. The number of hydrogen-bond acceptors (Lipinski definition) is 6. The van der Waals surface area contributed by atoms with Crippen molar-refractivity contribution >= 4 is 34.0 Å². The van der Waals surface area contributed by atoms with Gasteiger partial charge in [-0.1, -0.05) is 43.5 Å². The Labute approximate surface area is 175 Å². The molecule has 0 saturated heterocycles. The number of esters is 1. The summed E-state index contributed by atoms with van der Waals surface area (Å²) in [5.41, 5.74) is 4.50. The first-order valence-corrected chi connectivity index (χ1v) is 9.70. The number of anilines is 2. The number of pyridine rings is 1. The highest BCUT2D eigenvalue weighted by atomic mass is 16.5. The van der Waals surface area contributed by atoms with Crippen molar-refractivity contribution in [2.75, 3.05) is 12.4 Å². The van der Waals surface area contributed by atoms with E-state index in [0.29, 0.717) is 22.8 Å². The minimum absolute atomic E-state index is 0.409. The zero-order chi connectivity index (χ0) is 21.1. The molecule has 1 N–H and O–H groups in total. The lowest BCUT2D eigenvalue weighted by Gasteiger charge is -2.14. The first-order chi connectivity index (χ1) is 14.7. The van der Waals surface area contributed by atoms with E-state index in [2.05, 4.69) is 33.4 Å². The highest BCUT2D eigenvalue weighted by Gasteiger charge is 2.26. The van der Waals surface area contributed by atoms with E-state index < -0.39 is 5.97 Å². The molecule has 0 amide bonds. The lowest BCUT2D eigenvalue weighted by atomic mass is 10.1. The van der Waals surface area contributed by atoms with Gasteiger partial charge in [0.1, 0.15) is 17.7 Å². The average molecular weight is 398 g/mol. The molecule has 150 valence electrons. The molecule has 1 aromatic carbocycles. The number of para-hydroxylation sites is 1. The molecule has 0 bridgehead atoms. The lowest BCUT2D eigenvalue weighted by molar-refractivity contribution is 0.0601. The Balaban J connectivity index is 1.80. The molecule has 0 spiro atoms. The van der Waals surface area contributed by atoms with Crippen molar-refractivity contribution in [3.63, 3.8) is 0 Å². The molecule has 1 fully saturated rings. The maximum atomic E-state index is 12.4. The SMILES string of the molecule is C=C/C=C(\C=C)c1ncnc2c(Nc3ncc(C4CC4)cc3C(=O)OC)cccc12. The number of hydrogen-bond donors (Lipinski definition) is 1. The average Bonchev–Trinajstić information content (AvgIpc) is 3.62. The second kappa shape index (κ2) is 8.29. The standard InChI is InChI=1S/C24H22N4O2/c1-4-7-15(5-2)21-18-8-6-9-20(22(18)27-14-26-21)28-23-19(24(29)30-3)12-17(13-25-23)16-10-11-16/h4-9,12-14,16H,1-2,10-11H2,3H3,(H,25,28)/b15-7+. The molecule has 1 aliphatic carbocycles. The predicted molar refractivity (Wildman–Crippen MR) is 119 cm³/mol. The molecular formula is C24H22N4O2. The Morgan fingerprint density at radius 3 is 2.77 bits per heavy atom. The highest BCUT2D eigenvalue weighted by molar-refractivity contribution is 6.01. The van der Waals surface area contributed by atoms with E-state index in [4.69, 9.17) is 4.74 Å². The number of allylic oxidation sites excluding steroid dienone is 4. The van der Waals surface area contributed by atoms with Crippen LogP contribution in [0.2, 0.25) is 0 Å². The summed E-state index contributed by atoms with van der Waals surface area (Å²) in [5, 5.41) is 4.12. The van der Waals surface area contributed by atoms with Gasteiger partial charge in [0, 0.05) is 17.2 Å². The van der Waals surface area contributed by atoms with Gasteiger partial charge in [-0.2, -0.15) is 0 Å². The summed E-state index contributed by atoms with van der Waals surface area (Å²) >= 11 is 0. The van der Waals surface area contributed by atoms with Crippen LogP contribution in [0.5, 0.6) is 0 Å². The second-order valence-electron chi connectivity index (χ2n) is 7.04. The van der Waals surface area contributed by atoms with Crippen molar-refractivity contribution < 1.29 is 9.53 Å². The smallest absolute Gasteiger partial charge is 0.341 e. The number of rotatable bonds is 7. The number of ether oxygens (including phenoxy) is 1. The van der Waals surface area contributed by atoms with Crippen LogP contribution in [0, 0.1) is 0 Å². The largest absolute Gasteiger partial charge is 0.465 e. The first kappa shape index (κ1) is 19.5. The molecule has 0 unspecified atom stereocenters. The maximum absolute atomic E-state index is 12.4. The third kappa shape index (κ3) is 3.72. The number of carbonyl (C=O) groups is 1. The van der Waals surface area contributed by atoms with Crippen LogP contribution in [0.3, 0.4) is 0 Å². The minimum Gasteiger partial charge on any atom is -0.465 e. The number of fused-ring (bicyclic) bond motifs is 1. The minimum atomic E-state index is -0.425. The number of nitrogens with zero attached hydrogens (tertiary/aromatic N) is 3. The van der Waals surface area contributed by atoms with Crippen LogP contribution in [-0.4, -0.2) is 28.0 Å². The van der Waals surface area contributed by atoms with Gasteiger partial charge in [-0.05, 0) is 36.5 Å². The summed E-state index contributed by atoms with van der Waals surface area (Å²) in [7, 11) is 1.37. The van der Waals surface area contributed by atoms with Gasteiger partial charge in [0.15, 0.2) is 0 Å². The normalized spacial score (nSPS) is 13.7. The van der Waals surface area contributed by atoms with E-state index in [9.17, 15) is 4.79 Å². The third-order valence-corrected chi connectivity index (χ3v) is 5.07. The van der Waals surface area contributed by atoms with Crippen molar-refractivity contribution in [1.29, 1.82) is 0 Å². The van der Waals surface area contributed by atoms with Crippen LogP contribution in [0.1, 0.15) is 40.4 Å². The van der Waals surface area contributed by atoms with Crippen LogP contribution in [-0.2, 0) is 4.74 Å². The zero-order valence-electron chi connectivity index (χ0n) is 16.8. The molecule has 2 heterocycles. The summed E-state index contributed by atoms with van der Waals surface area (Å²) in [4.78, 5) is 25.8. The molecular weight excluding hydrogens is 376 g/mol. The maximum Gasteiger partial charge on any atom is 0.341 e. The Bertz CT molecular complexity index is 1180. The van der Waals surface area contributed by atoms with Crippen molar-refractivity contribution in [2.45, 2.75) is 18.8 Å². The van der Waals surface area contributed by atoms with Gasteiger partial charge in [0.2, 0.25) is 0 Å². The number of carbonyl (C=O) groups excluding carboxylic acids is 1. The molecule has 0 radical (unpaired) electrons. The first-order valence-electron chi connectivity index (χ1n) is 9.70. The van der Waals surface area contributed by atoms with E-state index in [0.717, 1.165) is 40.7 Å². The van der Waals surface area contributed by atoms with Crippen LogP contribution < -0.4 is 5.32 Å². The van der Waals surface area contributed by atoms with Crippen LogP contribution in [0.4, 0.5) is 11.5 Å². The summed E-state index contributed by atoms with van der Waals surface area (Å²) in [5.74, 6) is 0.493.